The topological polar surface area (TPSA) is 45.5 Å². The van der Waals surface area contributed by atoms with Crippen molar-refractivity contribution in [3.63, 3.8) is 0 Å². The van der Waals surface area contributed by atoms with E-state index in [1.165, 1.54) is 12.8 Å². The highest BCUT2D eigenvalue weighted by atomic mass is 16.3. The van der Waals surface area contributed by atoms with Gasteiger partial charge in [-0.25, -0.2) is 0 Å². The molecule has 19 heavy (non-hydrogen) atoms. The van der Waals surface area contributed by atoms with Gasteiger partial charge >= 0.3 is 0 Å². The number of piperidine rings is 1. The summed E-state index contributed by atoms with van der Waals surface area (Å²) in [4.78, 5) is 14.4. The Morgan fingerprint density at radius 2 is 2.42 bits per heavy atom. The van der Waals surface area contributed by atoms with Crippen LogP contribution in [0.1, 0.15) is 42.3 Å². The number of carbonyl (C=O) groups is 1. The highest BCUT2D eigenvalue weighted by Crippen LogP contribution is 2.15. The number of rotatable bonds is 5. The molecule has 0 saturated carbocycles. The summed E-state index contributed by atoms with van der Waals surface area (Å²) in [7, 11) is 0. The van der Waals surface area contributed by atoms with E-state index in [1.807, 2.05) is 17.9 Å². The van der Waals surface area contributed by atoms with E-state index in [0.717, 1.165) is 38.4 Å². The molecular weight excluding hydrogens is 240 g/mol. The van der Waals surface area contributed by atoms with Crippen molar-refractivity contribution in [3.8, 4) is 0 Å². The Morgan fingerprint density at radius 1 is 1.58 bits per heavy atom. The van der Waals surface area contributed by atoms with Crippen LogP contribution < -0.4 is 5.32 Å². The van der Waals surface area contributed by atoms with Crippen LogP contribution >= 0.6 is 0 Å². The minimum absolute atomic E-state index is 0.101. The van der Waals surface area contributed by atoms with Gasteiger partial charge in [0.05, 0.1) is 5.56 Å². The summed E-state index contributed by atoms with van der Waals surface area (Å²) in [6.45, 7) is 7.78. The lowest BCUT2D eigenvalue weighted by atomic mass is 9.98. The van der Waals surface area contributed by atoms with Crippen LogP contribution in [0.5, 0.6) is 0 Å². The molecule has 0 spiro atoms. The van der Waals surface area contributed by atoms with Gasteiger partial charge in [0.25, 0.3) is 5.91 Å². The molecule has 0 radical (unpaired) electrons. The zero-order valence-electron chi connectivity index (χ0n) is 11.9. The fourth-order valence-electron chi connectivity index (χ4n) is 2.68. The van der Waals surface area contributed by atoms with Crippen molar-refractivity contribution >= 4 is 5.91 Å². The summed E-state index contributed by atoms with van der Waals surface area (Å²) in [5.74, 6) is 1.47. The Kier molecular flexibility index (Phi) is 5.02. The maximum Gasteiger partial charge on any atom is 0.257 e. The van der Waals surface area contributed by atoms with E-state index in [-0.39, 0.29) is 5.91 Å². The highest BCUT2D eigenvalue weighted by molar-refractivity contribution is 5.94. The molecule has 2 rings (SSSR count). The number of hydrogen-bond acceptors (Lipinski definition) is 3. The van der Waals surface area contributed by atoms with Gasteiger partial charge in [-0.3, -0.25) is 4.79 Å². The Hall–Kier alpha value is -1.29. The molecule has 1 aliphatic heterocycles. The van der Waals surface area contributed by atoms with E-state index in [1.54, 1.807) is 6.26 Å². The van der Waals surface area contributed by atoms with Crippen molar-refractivity contribution in [2.45, 2.75) is 33.1 Å². The quantitative estimate of drug-likeness (QED) is 0.888. The van der Waals surface area contributed by atoms with Crippen LogP contribution in [0.2, 0.25) is 0 Å². The van der Waals surface area contributed by atoms with Gasteiger partial charge in [-0.2, -0.15) is 0 Å². The van der Waals surface area contributed by atoms with E-state index in [4.69, 9.17) is 4.42 Å². The Labute approximate surface area is 115 Å². The fourth-order valence-corrected chi connectivity index (χ4v) is 2.68. The summed E-state index contributed by atoms with van der Waals surface area (Å²) < 4.78 is 5.24. The average molecular weight is 264 g/mol. The number of carbonyl (C=O) groups excluding carboxylic acids is 1. The van der Waals surface area contributed by atoms with Gasteiger partial charge in [-0.1, -0.05) is 6.92 Å². The predicted octanol–water partition coefficient (Wildman–Crippen LogP) is 2.44. The third kappa shape index (κ3) is 3.83. The van der Waals surface area contributed by atoms with Gasteiger partial charge < -0.3 is 14.6 Å². The molecule has 1 amide bonds. The van der Waals surface area contributed by atoms with E-state index >= 15 is 0 Å². The van der Waals surface area contributed by atoms with Gasteiger partial charge in [0, 0.05) is 13.1 Å². The van der Waals surface area contributed by atoms with Crippen molar-refractivity contribution in [1.82, 2.24) is 10.2 Å². The standard InChI is InChI=1S/C15H24N2O2/c1-3-7-17(10-13-5-4-6-16-9-13)15(18)14-8-12(2)19-11-14/h8,11,13,16H,3-7,9-10H2,1-2H3. The second kappa shape index (κ2) is 6.75. The maximum absolute atomic E-state index is 12.5. The molecule has 4 nitrogen and oxygen atoms in total. The molecule has 1 aromatic heterocycles. The van der Waals surface area contributed by atoms with Crippen molar-refractivity contribution in [1.29, 1.82) is 0 Å². The zero-order chi connectivity index (χ0) is 13.7. The van der Waals surface area contributed by atoms with Crippen LogP contribution in [-0.4, -0.2) is 37.0 Å². The van der Waals surface area contributed by atoms with Gasteiger partial charge in [0.15, 0.2) is 0 Å². The minimum Gasteiger partial charge on any atom is -0.469 e. The van der Waals surface area contributed by atoms with E-state index in [2.05, 4.69) is 12.2 Å². The first-order valence-corrected chi connectivity index (χ1v) is 7.25. The van der Waals surface area contributed by atoms with Crippen LogP contribution in [-0.2, 0) is 0 Å². The molecule has 0 aliphatic carbocycles. The van der Waals surface area contributed by atoms with E-state index in [0.29, 0.717) is 11.5 Å². The lowest BCUT2D eigenvalue weighted by molar-refractivity contribution is 0.0718. The monoisotopic (exact) mass is 264 g/mol. The number of aryl methyl sites for hydroxylation is 1. The third-order valence-electron chi connectivity index (χ3n) is 3.64. The molecule has 1 atom stereocenters. The van der Waals surface area contributed by atoms with Gasteiger partial charge in [0.2, 0.25) is 0 Å². The normalized spacial score (nSPS) is 19.4. The smallest absolute Gasteiger partial charge is 0.257 e. The molecule has 106 valence electrons. The molecule has 1 saturated heterocycles. The van der Waals surface area contributed by atoms with E-state index < -0.39 is 0 Å². The van der Waals surface area contributed by atoms with Crippen LogP contribution in [0.25, 0.3) is 0 Å². The molecular formula is C15H24N2O2. The van der Waals surface area contributed by atoms with Gasteiger partial charge in [0.1, 0.15) is 12.0 Å². The van der Waals surface area contributed by atoms with Crippen LogP contribution in [0, 0.1) is 12.8 Å². The number of nitrogens with zero attached hydrogens (tertiary/aromatic N) is 1. The van der Waals surface area contributed by atoms with Gasteiger partial charge in [-0.05, 0) is 51.3 Å². The third-order valence-corrected chi connectivity index (χ3v) is 3.64. The zero-order valence-corrected chi connectivity index (χ0v) is 11.9. The molecule has 0 bridgehead atoms. The minimum atomic E-state index is 0.101. The van der Waals surface area contributed by atoms with Crippen molar-refractivity contribution in [2.24, 2.45) is 5.92 Å². The molecule has 4 heteroatoms. The first-order chi connectivity index (χ1) is 9.20. The summed E-state index contributed by atoms with van der Waals surface area (Å²) in [6, 6.07) is 1.82. The van der Waals surface area contributed by atoms with Crippen molar-refractivity contribution in [2.75, 3.05) is 26.2 Å². The summed E-state index contributed by atoms with van der Waals surface area (Å²) in [6.07, 6.45) is 4.98. The Morgan fingerprint density at radius 3 is 3.00 bits per heavy atom. The molecule has 2 heterocycles. The second-order valence-electron chi connectivity index (χ2n) is 5.41. The second-order valence-corrected chi connectivity index (χ2v) is 5.41. The number of hydrogen-bond donors (Lipinski definition) is 1. The predicted molar refractivity (Wildman–Crippen MR) is 75.2 cm³/mol. The first kappa shape index (κ1) is 14.1. The van der Waals surface area contributed by atoms with E-state index in [9.17, 15) is 4.79 Å². The number of nitrogens with one attached hydrogen (secondary N) is 1. The van der Waals surface area contributed by atoms with Crippen molar-refractivity contribution < 1.29 is 9.21 Å². The lowest BCUT2D eigenvalue weighted by Crippen LogP contribution is -2.41. The molecule has 1 aliphatic rings. The Bertz CT molecular complexity index is 408. The molecule has 1 fully saturated rings. The molecule has 1 unspecified atom stereocenters. The fraction of sp³-hybridized carbons (Fsp3) is 0.667. The molecule has 0 aromatic carbocycles. The molecule has 1 N–H and O–H groups in total. The highest BCUT2D eigenvalue weighted by Gasteiger charge is 2.22. The maximum atomic E-state index is 12.5. The number of amides is 1. The number of furan rings is 1. The van der Waals surface area contributed by atoms with Crippen LogP contribution in [0.15, 0.2) is 16.7 Å². The van der Waals surface area contributed by atoms with Crippen LogP contribution in [0.3, 0.4) is 0 Å². The Balaban J connectivity index is 1.99. The largest absolute Gasteiger partial charge is 0.469 e. The lowest BCUT2D eigenvalue weighted by Gasteiger charge is -2.29. The first-order valence-electron chi connectivity index (χ1n) is 7.25. The summed E-state index contributed by atoms with van der Waals surface area (Å²) in [5, 5.41) is 3.41. The van der Waals surface area contributed by atoms with Crippen molar-refractivity contribution in [3.05, 3.63) is 23.7 Å². The van der Waals surface area contributed by atoms with Gasteiger partial charge in [-0.15, -0.1) is 0 Å². The summed E-state index contributed by atoms with van der Waals surface area (Å²) in [5.41, 5.74) is 0.676. The SMILES string of the molecule is CCCN(CC1CCCNC1)C(=O)c1coc(C)c1. The molecule has 1 aromatic rings. The average Bonchev–Trinajstić information content (AvgIpc) is 2.85. The van der Waals surface area contributed by atoms with Crippen LogP contribution in [0.4, 0.5) is 0 Å². The summed E-state index contributed by atoms with van der Waals surface area (Å²) >= 11 is 0.